The van der Waals surface area contributed by atoms with Gasteiger partial charge in [0, 0.05) is 6.04 Å². The molecule has 1 saturated carbocycles. The SMILES string of the molecule is CCCCCCCCNC1CCCCCCCCCCC1. The van der Waals surface area contributed by atoms with Crippen LogP contribution in [0.15, 0.2) is 0 Å². The normalized spacial score (nSPS) is 19.9. The lowest BCUT2D eigenvalue weighted by atomic mass is 9.98. The molecule has 21 heavy (non-hydrogen) atoms. The van der Waals surface area contributed by atoms with Gasteiger partial charge in [-0.2, -0.15) is 0 Å². The van der Waals surface area contributed by atoms with Crippen molar-refractivity contribution in [1.82, 2.24) is 5.32 Å². The smallest absolute Gasteiger partial charge is 0.00670 e. The predicted molar refractivity (Wildman–Crippen MR) is 96.0 cm³/mol. The fraction of sp³-hybridized carbons (Fsp3) is 1.00. The minimum atomic E-state index is 0.820. The molecule has 1 heteroatoms. The topological polar surface area (TPSA) is 12.0 Å². The zero-order valence-corrected chi connectivity index (χ0v) is 14.8. The largest absolute Gasteiger partial charge is 0.314 e. The molecule has 0 radical (unpaired) electrons. The molecule has 0 aromatic heterocycles. The monoisotopic (exact) mass is 295 g/mol. The van der Waals surface area contributed by atoms with Crippen LogP contribution in [0.4, 0.5) is 0 Å². The first kappa shape index (κ1) is 19.0. The highest BCUT2D eigenvalue weighted by atomic mass is 14.9. The van der Waals surface area contributed by atoms with E-state index in [0.29, 0.717) is 0 Å². The molecule has 1 nitrogen and oxygen atoms in total. The van der Waals surface area contributed by atoms with E-state index in [1.54, 1.807) is 0 Å². The second kappa shape index (κ2) is 14.9. The second-order valence-corrected chi connectivity index (χ2v) is 7.18. The average molecular weight is 296 g/mol. The number of unbranched alkanes of at least 4 members (excludes halogenated alkanes) is 5. The van der Waals surface area contributed by atoms with Crippen molar-refractivity contribution in [3.8, 4) is 0 Å². The van der Waals surface area contributed by atoms with Crippen LogP contribution in [0.25, 0.3) is 0 Å². The first-order valence-electron chi connectivity index (χ1n) is 10.2. The first-order chi connectivity index (χ1) is 10.4. The Morgan fingerprint density at radius 1 is 0.619 bits per heavy atom. The van der Waals surface area contributed by atoms with Crippen molar-refractivity contribution in [1.29, 1.82) is 0 Å². The van der Waals surface area contributed by atoms with Crippen molar-refractivity contribution in [3.63, 3.8) is 0 Å². The van der Waals surface area contributed by atoms with Crippen molar-refractivity contribution in [2.75, 3.05) is 6.54 Å². The molecule has 0 saturated heterocycles. The van der Waals surface area contributed by atoms with Crippen LogP contribution in [0.2, 0.25) is 0 Å². The van der Waals surface area contributed by atoms with Crippen LogP contribution in [0.1, 0.15) is 116 Å². The summed E-state index contributed by atoms with van der Waals surface area (Å²) in [6.07, 6.45) is 24.6. The van der Waals surface area contributed by atoms with Crippen LogP contribution in [0, 0.1) is 0 Å². The maximum Gasteiger partial charge on any atom is 0.00670 e. The van der Waals surface area contributed by atoms with Gasteiger partial charge in [0.05, 0.1) is 0 Å². The zero-order chi connectivity index (χ0) is 15.0. The van der Waals surface area contributed by atoms with Crippen LogP contribution in [0.3, 0.4) is 0 Å². The quantitative estimate of drug-likeness (QED) is 0.497. The molecule has 1 aliphatic carbocycles. The predicted octanol–water partition coefficient (Wildman–Crippen LogP) is 6.61. The van der Waals surface area contributed by atoms with Gasteiger partial charge < -0.3 is 5.32 Å². The van der Waals surface area contributed by atoms with Crippen LogP contribution in [0.5, 0.6) is 0 Å². The fourth-order valence-corrected chi connectivity index (χ4v) is 3.58. The standard InChI is InChI=1S/C20H41N/c1-2-3-4-5-13-16-19-21-20-17-14-11-9-7-6-8-10-12-15-18-20/h20-21H,2-19H2,1H3. The lowest BCUT2D eigenvalue weighted by Crippen LogP contribution is -2.30. The fourth-order valence-electron chi connectivity index (χ4n) is 3.58. The molecule has 0 aromatic carbocycles. The second-order valence-electron chi connectivity index (χ2n) is 7.18. The van der Waals surface area contributed by atoms with E-state index in [9.17, 15) is 0 Å². The summed E-state index contributed by atoms with van der Waals surface area (Å²) in [5.41, 5.74) is 0. The van der Waals surface area contributed by atoms with Crippen LogP contribution < -0.4 is 5.32 Å². The molecule has 0 aliphatic heterocycles. The Labute approximate surface area is 134 Å². The van der Waals surface area contributed by atoms with E-state index in [4.69, 9.17) is 0 Å². The average Bonchev–Trinajstić information content (AvgIpc) is 2.48. The van der Waals surface area contributed by atoms with E-state index in [0.717, 1.165) is 6.04 Å². The maximum absolute atomic E-state index is 3.86. The maximum atomic E-state index is 3.86. The Kier molecular flexibility index (Phi) is 13.5. The molecule has 1 fully saturated rings. The summed E-state index contributed by atoms with van der Waals surface area (Å²) in [5.74, 6) is 0. The summed E-state index contributed by atoms with van der Waals surface area (Å²) in [5, 5.41) is 3.86. The third-order valence-electron chi connectivity index (χ3n) is 5.07. The van der Waals surface area contributed by atoms with Crippen molar-refractivity contribution in [3.05, 3.63) is 0 Å². The van der Waals surface area contributed by atoms with Gasteiger partial charge in [-0.3, -0.25) is 0 Å². The molecule has 1 rings (SSSR count). The molecule has 0 unspecified atom stereocenters. The highest BCUT2D eigenvalue weighted by molar-refractivity contribution is 4.68. The van der Waals surface area contributed by atoms with Crippen LogP contribution >= 0.6 is 0 Å². The molecule has 1 aliphatic rings. The van der Waals surface area contributed by atoms with Gasteiger partial charge in [-0.1, -0.05) is 96.8 Å². The van der Waals surface area contributed by atoms with E-state index < -0.39 is 0 Å². The Balaban J connectivity index is 2.05. The van der Waals surface area contributed by atoms with Crippen molar-refractivity contribution >= 4 is 0 Å². The van der Waals surface area contributed by atoms with Crippen molar-refractivity contribution < 1.29 is 0 Å². The van der Waals surface area contributed by atoms with Gasteiger partial charge in [0.2, 0.25) is 0 Å². The van der Waals surface area contributed by atoms with E-state index >= 15 is 0 Å². The molecule has 1 N–H and O–H groups in total. The van der Waals surface area contributed by atoms with Gasteiger partial charge >= 0.3 is 0 Å². The molecule has 0 spiro atoms. The molecule has 0 bridgehead atoms. The Bertz CT molecular complexity index is 190. The molecule has 0 aromatic rings. The number of rotatable bonds is 8. The third-order valence-corrected chi connectivity index (χ3v) is 5.07. The molecular weight excluding hydrogens is 254 g/mol. The van der Waals surface area contributed by atoms with Gasteiger partial charge in [-0.25, -0.2) is 0 Å². The summed E-state index contributed by atoms with van der Waals surface area (Å²) >= 11 is 0. The van der Waals surface area contributed by atoms with Gasteiger partial charge in [0.25, 0.3) is 0 Å². The third kappa shape index (κ3) is 12.2. The Hall–Kier alpha value is -0.0400. The van der Waals surface area contributed by atoms with Crippen molar-refractivity contribution in [2.24, 2.45) is 0 Å². The summed E-state index contributed by atoms with van der Waals surface area (Å²) in [6, 6.07) is 0.820. The van der Waals surface area contributed by atoms with E-state index in [1.807, 2.05) is 0 Å². The first-order valence-corrected chi connectivity index (χ1v) is 10.2. The summed E-state index contributed by atoms with van der Waals surface area (Å²) in [6.45, 7) is 3.56. The zero-order valence-electron chi connectivity index (χ0n) is 14.8. The van der Waals surface area contributed by atoms with E-state index in [1.165, 1.54) is 116 Å². The summed E-state index contributed by atoms with van der Waals surface area (Å²) in [4.78, 5) is 0. The number of hydrogen-bond donors (Lipinski definition) is 1. The molecule has 0 heterocycles. The molecule has 126 valence electrons. The number of nitrogens with one attached hydrogen (secondary N) is 1. The van der Waals surface area contributed by atoms with Gasteiger partial charge in [-0.05, 0) is 25.8 Å². The van der Waals surface area contributed by atoms with E-state index in [-0.39, 0.29) is 0 Å². The molecule has 0 amide bonds. The summed E-state index contributed by atoms with van der Waals surface area (Å²) in [7, 11) is 0. The highest BCUT2D eigenvalue weighted by Gasteiger charge is 2.08. The lowest BCUT2D eigenvalue weighted by molar-refractivity contribution is 0.399. The summed E-state index contributed by atoms with van der Waals surface area (Å²) < 4.78 is 0. The van der Waals surface area contributed by atoms with E-state index in [2.05, 4.69) is 12.2 Å². The van der Waals surface area contributed by atoms with Crippen molar-refractivity contribution in [2.45, 2.75) is 122 Å². The van der Waals surface area contributed by atoms with Gasteiger partial charge in [0.1, 0.15) is 0 Å². The lowest BCUT2D eigenvalue weighted by Gasteiger charge is -2.19. The van der Waals surface area contributed by atoms with Gasteiger partial charge in [0.15, 0.2) is 0 Å². The minimum absolute atomic E-state index is 0.820. The molecular formula is C20H41N. The Morgan fingerprint density at radius 2 is 1.10 bits per heavy atom. The van der Waals surface area contributed by atoms with Crippen LogP contribution in [-0.4, -0.2) is 12.6 Å². The van der Waals surface area contributed by atoms with Gasteiger partial charge in [-0.15, -0.1) is 0 Å². The Morgan fingerprint density at radius 3 is 1.67 bits per heavy atom. The minimum Gasteiger partial charge on any atom is -0.314 e. The molecule has 0 atom stereocenters. The van der Waals surface area contributed by atoms with Crippen LogP contribution in [-0.2, 0) is 0 Å². The highest BCUT2D eigenvalue weighted by Crippen LogP contribution is 2.17. The number of hydrogen-bond acceptors (Lipinski definition) is 1.